The molecule has 0 aliphatic carbocycles. The molecule has 0 saturated carbocycles. The highest BCUT2D eigenvalue weighted by Crippen LogP contribution is 2.22. The van der Waals surface area contributed by atoms with E-state index in [4.69, 9.17) is 31.4 Å². The van der Waals surface area contributed by atoms with Crippen LogP contribution in [0.2, 0.25) is 5.02 Å². The van der Waals surface area contributed by atoms with Crippen molar-refractivity contribution in [3.63, 3.8) is 0 Å². The van der Waals surface area contributed by atoms with E-state index in [1.807, 2.05) is 43.5 Å². The van der Waals surface area contributed by atoms with Gasteiger partial charge in [0.25, 0.3) is 0 Å². The van der Waals surface area contributed by atoms with Gasteiger partial charge < -0.3 is 25.8 Å². The third-order valence-electron chi connectivity index (χ3n) is 4.11. The number of carbonyl (C=O) groups excluding carboxylic acids is 1. The average molecular weight is 432 g/mol. The number of rotatable bonds is 6. The number of hydrogen-bond acceptors (Lipinski definition) is 4. The number of anilines is 1. The molecule has 0 aliphatic rings. The van der Waals surface area contributed by atoms with Crippen molar-refractivity contribution in [2.75, 3.05) is 18.4 Å². The molecule has 0 fully saturated rings. The maximum atomic E-state index is 12.0. The van der Waals surface area contributed by atoms with Crippen LogP contribution in [0, 0.1) is 6.92 Å². The largest absolute Gasteiger partial charge is 0.473 e. The number of carboxylic acid groups (broad SMARTS) is 2. The molecule has 3 aromatic rings. The monoisotopic (exact) mass is 431 g/mol. The van der Waals surface area contributed by atoms with Gasteiger partial charge in [-0.05, 0) is 49.2 Å². The lowest BCUT2D eigenvalue weighted by molar-refractivity contribution is -0.159. The van der Waals surface area contributed by atoms with Crippen LogP contribution in [0.15, 0.2) is 48.7 Å². The number of amides is 1. The highest BCUT2D eigenvalue weighted by atomic mass is 35.5. The van der Waals surface area contributed by atoms with E-state index in [0.717, 1.165) is 24.0 Å². The third kappa shape index (κ3) is 6.91. The molecule has 0 atom stereocenters. The highest BCUT2D eigenvalue weighted by Gasteiger charge is 2.07. The summed E-state index contributed by atoms with van der Waals surface area (Å²) in [7, 11) is 0. The molecule has 0 radical (unpaired) electrons. The van der Waals surface area contributed by atoms with Crippen molar-refractivity contribution in [2.24, 2.45) is 0 Å². The number of halogens is 1. The molecular weight excluding hydrogens is 410 g/mol. The number of carbonyl (C=O) groups is 3. The zero-order valence-corrected chi connectivity index (χ0v) is 17.0. The van der Waals surface area contributed by atoms with E-state index in [9.17, 15) is 4.79 Å². The van der Waals surface area contributed by atoms with Gasteiger partial charge in [0.15, 0.2) is 0 Å². The van der Waals surface area contributed by atoms with E-state index in [1.165, 1.54) is 10.9 Å². The van der Waals surface area contributed by atoms with Gasteiger partial charge in [0, 0.05) is 17.1 Å². The molecule has 9 heteroatoms. The van der Waals surface area contributed by atoms with Crippen LogP contribution in [-0.2, 0) is 20.8 Å². The second-order valence-electron chi connectivity index (χ2n) is 6.43. The quantitative estimate of drug-likeness (QED) is 0.301. The molecule has 0 spiro atoms. The Bertz CT molecular complexity index is 1040. The Kier molecular flexibility index (Phi) is 8.40. The van der Waals surface area contributed by atoms with Gasteiger partial charge in [0.05, 0.1) is 17.3 Å². The van der Waals surface area contributed by atoms with Gasteiger partial charge >= 0.3 is 11.9 Å². The molecular formula is C21H22ClN3O5. The molecule has 158 valence electrons. The van der Waals surface area contributed by atoms with Gasteiger partial charge in [-0.15, -0.1) is 0 Å². The molecule has 0 saturated heterocycles. The SMILES string of the molecule is Cc1ccc(NC(=O)CNCCc2c[nH]c3ccccc23)c(Cl)c1.O=C(O)C(=O)O. The Morgan fingerprint density at radius 2 is 1.77 bits per heavy atom. The first-order valence-electron chi connectivity index (χ1n) is 9.06. The summed E-state index contributed by atoms with van der Waals surface area (Å²) in [5.74, 6) is -3.75. The fraction of sp³-hybridized carbons (Fsp3) is 0.190. The van der Waals surface area contributed by atoms with Crippen LogP contribution < -0.4 is 10.6 Å². The summed E-state index contributed by atoms with van der Waals surface area (Å²) in [4.78, 5) is 33.4. The van der Waals surface area contributed by atoms with Gasteiger partial charge in [-0.3, -0.25) is 4.79 Å². The number of H-pyrrole nitrogens is 1. The first-order valence-corrected chi connectivity index (χ1v) is 9.43. The van der Waals surface area contributed by atoms with Crippen LogP contribution in [0.1, 0.15) is 11.1 Å². The van der Waals surface area contributed by atoms with Crippen molar-refractivity contribution >= 4 is 46.0 Å². The van der Waals surface area contributed by atoms with Crippen LogP contribution in [-0.4, -0.2) is 46.1 Å². The maximum Gasteiger partial charge on any atom is 0.414 e. The Labute approximate surface area is 177 Å². The lowest BCUT2D eigenvalue weighted by Gasteiger charge is -2.09. The van der Waals surface area contributed by atoms with E-state index >= 15 is 0 Å². The molecule has 1 heterocycles. The number of benzene rings is 2. The minimum Gasteiger partial charge on any atom is -0.473 e. The number of fused-ring (bicyclic) bond motifs is 1. The van der Waals surface area contributed by atoms with E-state index in [2.05, 4.69) is 27.8 Å². The molecule has 0 bridgehead atoms. The van der Waals surface area contributed by atoms with Crippen molar-refractivity contribution in [3.8, 4) is 0 Å². The number of para-hydroxylation sites is 1. The standard InChI is InChI=1S/C19H20ClN3O.C2H2O4/c1-13-6-7-18(16(20)10-13)23-19(24)12-21-9-8-14-11-22-17-5-3-2-4-15(14)17;3-1(4)2(5)6/h2-7,10-11,21-22H,8-9,12H2,1H3,(H,23,24);(H,3,4)(H,5,6). The minimum atomic E-state index is -1.82. The number of hydrogen-bond donors (Lipinski definition) is 5. The number of aliphatic carboxylic acids is 2. The zero-order chi connectivity index (χ0) is 22.1. The van der Waals surface area contributed by atoms with E-state index in [1.54, 1.807) is 0 Å². The number of aryl methyl sites for hydroxylation is 1. The molecule has 0 unspecified atom stereocenters. The third-order valence-corrected chi connectivity index (χ3v) is 4.43. The summed E-state index contributed by atoms with van der Waals surface area (Å²) in [5.41, 5.74) is 4.10. The predicted molar refractivity (Wildman–Crippen MR) is 115 cm³/mol. The molecule has 2 aromatic carbocycles. The van der Waals surface area contributed by atoms with Crippen LogP contribution in [0.5, 0.6) is 0 Å². The first kappa shape index (κ1) is 22.9. The predicted octanol–water partition coefficient (Wildman–Crippen LogP) is 3.06. The van der Waals surface area contributed by atoms with Crippen LogP contribution in [0.3, 0.4) is 0 Å². The van der Waals surface area contributed by atoms with Crippen molar-refractivity contribution in [1.29, 1.82) is 0 Å². The van der Waals surface area contributed by atoms with E-state index < -0.39 is 11.9 Å². The van der Waals surface area contributed by atoms with E-state index in [0.29, 0.717) is 10.7 Å². The normalized spacial score (nSPS) is 10.2. The molecule has 8 nitrogen and oxygen atoms in total. The van der Waals surface area contributed by atoms with Crippen molar-refractivity contribution in [1.82, 2.24) is 10.3 Å². The minimum absolute atomic E-state index is 0.0975. The average Bonchev–Trinajstić information content (AvgIpc) is 3.11. The number of carboxylic acids is 2. The van der Waals surface area contributed by atoms with Crippen LogP contribution in [0.25, 0.3) is 10.9 Å². The smallest absolute Gasteiger partial charge is 0.414 e. The fourth-order valence-electron chi connectivity index (χ4n) is 2.68. The first-order chi connectivity index (χ1) is 14.3. The lowest BCUT2D eigenvalue weighted by atomic mass is 10.1. The van der Waals surface area contributed by atoms with Gasteiger partial charge in [0.2, 0.25) is 5.91 Å². The van der Waals surface area contributed by atoms with Gasteiger partial charge in [0.1, 0.15) is 0 Å². The van der Waals surface area contributed by atoms with Gasteiger partial charge in [-0.25, -0.2) is 9.59 Å². The summed E-state index contributed by atoms with van der Waals surface area (Å²) in [5, 5.41) is 22.6. The Balaban J connectivity index is 0.000000469. The summed E-state index contributed by atoms with van der Waals surface area (Å²) in [6.45, 7) is 2.95. The Morgan fingerprint density at radius 3 is 2.43 bits per heavy atom. The van der Waals surface area contributed by atoms with Crippen molar-refractivity contribution in [3.05, 3.63) is 64.8 Å². The Morgan fingerprint density at radius 1 is 1.07 bits per heavy atom. The molecule has 1 amide bonds. The maximum absolute atomic E-state index is 12.0. The zero-order valence-electron chi connectivity index (χ0n) is 16.2. The summed E-state index contributed by atoms with van der Waals surface area (Å²) in [6.07, 6.45) is 2.89. The summed E-state index contributed by atoms with van der Waals surface area (Å²) >= 11 is 6.12. The topological polar surface area (TPSA) is 132 Å². The van der Waals surface area contributed by atoms with Crippen molar-refractivity contribution < 1.29 is 24.6 Å². The second kappa shape index (κ2) is 11.0. The fourth-order valence-corrected chi connectivity index (χ4v) is 2.96. The number of aromatic amines is 1. The van der Waals surface area contributed by atoms with Crippen LogP contribution >= 0.6 is 11.6 Å². The molecule has 3 rings (SSSR count). The molecule has 5 N–H and O–H groups in total. The molecule has 0 aliphatic heterocycles. The summed E-state index contributed by atoms with van der Waals surface area (Å²) < 4.78 is 0. The molecule has 1 aromatic heterocycles. The highest BCUT2D eigenvalue weighted by molar-refractivity contribution is 6.33. The Hall–Kier alpha value is -3.36. The lowest BCUT2D eigenvalue weighted by Crippen LogP contribution is -2.29. The number of nitrogens with one attached hydrogen (secondary N) is 3. The van der Waals surface area contributed by atoms with Crippen LogP contribution in [0.4, 0.5) is 5.69 Å². The summed E-state index contributed by atoms with van der Waals surface area (Å²) in [6, 6.07) is 13.8. The molecule has 30 heavy (non-hydrogen) atoms. The second-order valence-corrected chi connectivity index (χ2v) is 6.84. The van der Waals surface area contributed by atoms with Gasteiger partial charge in [-0.1, -0.05) is 35.9 Å². The number of aromatic nitrogens is 1. The van der Waals surface area contributed by atoms with E-state index in [-0.39, 0.29) is 12.5 Å². The van der Waals surface area contributed by atoms with Crippen molar-refractivity contribution in [2.45, 2.75) is 13.3 Å². The van der Waals surface area contributed by atoms with Gasteiger partial charge in [-0.2, -0.15) is 0 Å².